The van der Waals surface area contributed by atoms with Gasteiger partial charge in [-0.15, -0.1) is 0 Å². The van der Waals surface area contributed by atoms with Crippen molar-refractivity contribution in [2.24, 2.45) is 0 Å². The molecule has 0 radical (unpaired) electrons. The Labute approximate surface area is 255 Å². The molecule has 0 spiro atoms. The van der Waals surface area contributed by atoms with Gasteiger partial charge in [0.2, 0.25) is 0 Å². The monoisotopic (exact) mass is 629 g/mol. The normalized spacial score (nSPS) is 19.8. The van der Waals surface area contributed by atoms with Gasteiger partial charge in [0.1, 0.15) is 23.7 Å². The van der Waals surface area contributed by atoms with Gasteiger partial charge in [0.05, 0.1) is 23.5 Å². The highest BCUT2D eigenvalue weighted by Gasteiger charge is 2.44. The van der Waals surface area contributed by atoms with Crippen LogP contribution < -0.4 is 10.6 Å². The Balaban J connectivity index is 1.29. The molecule has 13 heteroatoms. The van der Waals surface area contributed by atoms with Gasteiger partial charge >= 0.3 is 12.4 Å². The number of hydrogen-bond acceptors (Lipinski definition) is 7. The third-order valence-electron chi connectivity index (χ3n) is 7.87. The van der Waals surface area contributed by atoms with E-state index < -0.39 is 35.4 Å². The SMILES string of the molecule is C[C@@H](Nc1nc(C(F)(F)F)ccc1-c1cc(Nc2cccc3c2C[C@H]2OC(C)(C)O[C@H]2C3)ncn1)c1ccc(C(F)(F)F)cc1. The number of aromatic nitrogens is 3. The Kier molecular flexibility index (Phi) is 7.72. The van der Waals surface area contributed by atoms with Gasteiger partial charge in [0, 0.05) is 36.2 Å². The van der Waals surface area contributed by atoms with Gasteiger partial charge in [0.25, 0.3) is 0 Å². The molecule has 3 heterocycles. The lowest BCUT2D eigenvalue weighted by molar-refractivity contribution is -0.145. The molecule has 236 valence electrons. The summed E-state index contributed by atoms with van der Waals surface area (Å²) in [5.74, 6) is -0.398. The fourth-order valence-corrected chi connectivity index (χ4v) is 5.75. The number of halogens is 6. The van der Waals surface area contributed by atoms with Crippen molar-refractivity contribution in [2.45, 2.75) is 70.0 Å². The summed E-state index contributed by atoms with van der Waals surface area (Å²) in [7, 11) is 0. The minimum atomic E-state index is -4.72. The molecule has 2 N–H and O–H groups in total. The predicted octanol–water partition coefficient (Wildman–Crippen LogP) is 8.11. The summed E-state index contributed by atoms with van der Waals surface area (Å²) in [4.78, 5) is 12.5. The molecule has 0 unspecified atom stereocenters. The molecule has 1 saturated heterocycles. The number of alkyl halides is 6. The average Bonchev–Trinajstić information content (AvgIpc) is 3.28. The number of anilines is 3. The van der Waals surface area contributed by atoms with Crippen molar-refractivity contribution in [3.8, 4) is 11.3 Å². The van der Waals surface area contributed by atoms with Gasteiger partial charge < -0.3 is 20.1 Å². The lowest BCUT2D eigenvalue weighted by Crippen LogP contribution is -2.32. The lowest BCUT2D eigenvalue weighted by atomic mass is 9.86. The average molecular weight is 630 g/mol. The molecule has 6 rings (SSSR count). The molecule has 7 nitrogen and oxygen atoms in total. The molecule has 1 aliphatic heterocycles. The van der Waals surface area contributed by atoms with Crippen molar-refractivity contribution >= 4 is 17.3 Å². The van der Waals surface area contributed by atoms with Crippen molar-refractivity contribution in [3.05, 3.63) is 94.9 Å². The van der Waals surface area contributed by atoms with Crippen LogP contribution in [0.25, 0.3) is 11.3 Å². The first kappa shape index (κ1) is 30.8. The van der Waals surface area contributed by atoms with E-state index in [1.165, 1.54) is 24.5 Å². The molecule has 3 atom stereocenters. The van der Waals surface area contributed by atoms with Crippen LogP contribution in [0.2, 0.25) is 0 Å². The lowest BCUT2D eigenvalue weighted by Gasteiger charge is -2.27. The Bertz CT molecular complexity index is 1710. The van der Waals surface area contributed by atoms with E-state index in [0.717, 1.165) is 35.0 Å². The first-order chi connectivity index (χ1) is 21.2. The number of nitrogens with zero attached hydrogens (tertiary/aromatic N) is 3. The van der Waals surface area contributed by atoms with E-state index in [1.54, 1.807) is 13.0 Å². The molecule has 1 aliphatic carbocycles. The van der Waals surface area contributed by atoms with E-state index >= 15 is 0 Å². The van der Waals surface area contributed by atoms with Gasteiger partial charge in [0.15, 0.2) is 5.79 Å². The fraction of sp³-hybridized carbons (Fsp3) is 0.344. The quantitative estimate of drug-likeness (QED) is 0.209. The van der Waals surface area contributed by atoms with E-state index in [4.69, 9.17) is 9.47 Å². The van der Waals surface area contributed by atoms with Crippen LogP contribution in [0.1, 0.15) is 54.8 Å². The molecule has 0 saturated carbocycles. The van der Waals surface area contributed by atoms with Gasteiger partial charge in [-0.1, -0.05) is 24.3 Å². The number of rotatable bonds is 6. The topological polar surface area (TPSA) is 81.2 Å². The van der Waals surface area contributed by atoms with Crippen molar-refractivity contribution in [1.29, 1.82) is 0 Å². The second kappa shape index (κ2) is 11.3. The molecule has 2 aliphatic rings. The number of hydrogen-bond donors (Lipinski definition) is 2. The number of fused-ring (bicyclic) bond motifs is 2. The maximum absolute atomic E-state index is 13.6. The summed E-state index contributed by atoms with van der Waals surface area (Å²) in [6.45, 7) is 5.40. The van der Waals surface area contributed by atoms with E-state index in [0.29, 0.717) is 24.2 Å². The molecule has 0 amide bonds. The van der Waals surface area contributed by atoms with Crippen LogP contribution in [-0.4, -0.2) is 32.9 Å². The highest BCUT2D eigenvalue weighted by Crippen LogP contribution is 2.40. The fourth-order valence-electron chi connectivity index (χ4n) is 5.75. The summed E-state index contributed by atoms with van der Waals surface area (Å²) in [6, 6.07) is 13.3. The van der Waals surface area contributed by atoms with Crippen LogP contribution in [0, 0.1) is 0 Å². The van der Waals surface area contributed by atoms with Crippen molar-refractivity contribution in [1.82, 2.24) is 15.0 Å². The Hall–Kier alpha value is -4.23. The molecular weight excluding hydrogens is 600 g/mol. The van der Waals surface area contributed by atoms with Crippen molar-refractivity contribution < 1.29 is 35.8 Å². The van der Waals surface area contributed by atoms with Crippen LogP contribution >= 0.6 is 0 Å². The van der Waals surface area contributed by atoms with E-state index in [2.05, 4.69) is 25.6 Å². The van der Waals surface area contributed by atoms with Crippen LogP contribution in [-0.2, 0) is 34.7 Å². The maximum atomic E-state index is 13.6. The second-order valence-corrected chi connectivity index (χ2v) is 11.6. The molecule has 45 heavy (non-hydrogen) atoms. The number of pyridine rings is 1. The van der Waals surface area contributed by atoms with Gasteiger partial charge in [-0.25, -0.2) is 15.0 Å². The van der Waals surface area contributed by atoms with E-state index in [9.17, 15) is 26.3 Å². The molecule has 2 aromatic carbocycles. The summed E-state index contributed by atoms with van der Waals surface area (Å²) in [5, 5.41) is 6.26. The summed E-state index contributed by atoms with van der Waals surface area (Å²) >= 11 is 0. The molecule has 0 bridgehead atoms. The number of ether oxygens (including phenoxy) is 2. The minimum absolute atomic E-state index is 0.0449. The zero-order chi connectivity index (χ0) is 32.1. The van der Waals surface area contributed by atoms with Crippen molar-refractivity contribution in [3.63, 3.8) is 0 Å². The number of nitrogens with one attached hydrogen (secondary N) is 2. The second-order valence-electron chi connectivity index (χ2n) is 11.6. The standard InChI is InChI=1S/C32H29F6N5O2/c1-17(18-7-9-20(10-8-18)31(33,34)35)41-29-21(11-12-27(43-29)32(36,37)38)24-15-28(40-16-39-24)42-23-6-4-5-19-13-25-26(14-22(19)23)45-30(2,3)44-25/h4-12,15-17,25-26H,13-14H2,1-3H3,(H,41,43)(H,39,40,42)/t17-,25+,26-/m1/s1. The molecular formula is C32H29F6N5O2. The molecule has 1 fully saturated rings. The third-order valence-corrected chi connectivity index (χ3v) is 7.87. The summed E-state index contributed by atoms with van der Waals surface area (Å²) < 4.78 is 92.2. The largest absolute Gasteiger partial charge is 0.433 e. The van der Waals surface area contributed by atoms with Crippen molar-refractivity contribution in [2.75, 3.05) is 10.6 Å². The smallest absolute Gasteiger partial charge is 0.363 e. The van der Waals surface area contributed by atoms with Crippen LogP contribution in [0.5, 0.6) is 0 Å². The van der Waals surface area contributed by atoms with Gasteiger partial charge in [-0.3, -0.25) is 0 Å². The first-order valence-electron chi connectivity index (χ1n) is 14.2. The first-order valence-corrected chi connectivity index (χ1v) is 14.2. The van der Waals surface area contributed by atoms with Gasteiger partial charge in [-0.05, 0) is 67.8 Å². The minimum Gasteiger partial charge on any atom is -0.363 e. The Morgan fingerprint density at radius 2 is 1.58 bits per heavy atom. The van der Waals surface area contributed by atoms with Gasteiger partial charge in [-0.2, -0.15) is 26.3 Å². The zero-order valence-corrected chi connectivity index (χ0v) is 24.4. The summed E-state index contributed by atoms with van der Waals surface area (Å²) in [6.07, 6.45) is -6.77. The molecule has 4 aromatic rings. The maximum Gasteiger partial charge on any atom is 0.433 e. The predicted molar refractivity (Wildman–Crippen MR) is 155 cm³/mol. The third kappa shape index (κ3) is 6.59. The van der Waals surface area contributed by atoms with Crippen LogP contribution in [0.4, 0.5) is 43.7 Å². The number of benzene rings is 2. The summed E-state index contributed by atoms with van der Waals surface area (Å²) in [5.41, 5.74) is 2.00. The molecule has 2 aromatic heterocycles. The highest BCUT2D eigenvalue weighted by atomic mass is 19.4. The van der Waals surface area contributed by atoms with E-state index in [1.807, 2.05) is 32.0 Å². The highest BCUT2D eigenvalue weighted by molar-refractivity contribution is 5.75. The zero-order valence-electron chi connectivity index (χ0n) is 24.4. The van der Waals surface area contributed by atoms with Crippen LogP contribution in [0.15, 0.2) is 67.0 Å². The van der Waals surface area contributed by atoms with E-state index in [-0.39, 0.29) is 29.3 Å². The Morgan fingerprint density at radius 1 is 0.867 bits per heavy atom. The Morgan fingerprint density at radius 3 is 2.27 bits per heavy atom. The van der Waals surface area contributed by atoms with Crippen LogP contribution in [0.3, 0.4) is 0 Å².